The van der Waals surface area contributed by atoms with E-state index >= 15 is 0 Å². The first-order valence-electron chi connectivity index (χ1n) is 6.94. The van der Waals surface area contributed by atoms with Crippen LogP contribution in [0.4, 0.5) is 0 Å². The molecule has 1 atom stereocenters. The van der Waals surface area contributed by atoms with E-state index in [9.17, 15) is 9.90 Å². The molecule has 2 aromatic rings. The Balaban J connectivity index is 1.84. The number of hydrogen-bond donors (Lipinski definition) is 1. The fourth-order valence-electron chi connectivity index (χ4n) is 2.48. The molecule has 1 fully saturated rings. The summed E-state index contributed by atoms with van der Waals surface area (Å²) in [6.07, 6.45) is -0.275. The molecule has 1 aliphatic heterocycles. The lowest BCUT2D eigenvalue weighted by Crippen LogP contribution is -2.46. The van der Waals surface area contributed by atoms with Crippen molar-refractivity contribution < 1.29 is 14.6 Å². The summed E-state index contributed by atoms with van der Waals surface area (Å²) in [4.78, 5) is 15.2. The average Bonchev–Trinajstić information content (AvgIpc) is 3.04. The fourth-order valence-corrected chi connectivity index (χ4v) is 3.36. The van der Waals surface area contributed by atoms with E-state index in [0.717, 1.165) is 16.0 Å². The van der Waals surface area contributed by atoms with Crippen LogP contribution in [-0.2, 0) is 4.74 Å². The van der Waals surface area contributed by atoms with Crippen molar-refractivity contribution >= 4 is 17.2 Å². The van der Waals surface area contributed by atoms with Gasteiger partial charge < -0.3 is 14.7 Å². The third-order valence-corrected chi connectivity index (χ3v) is 4.48. The van der Waals surface area contributed by atoms with Crippen molar-refractivity contribution in [1.82, 2.24) is 4.90 Å². The molecule has 1 aliphatic rings. The second-order valence-electron chi connectivity index (χ2n) is 4.96. The smallest absolute Gasteiger partial charge is 0.264 e. The van der Waals surface area contributed by atoms with Crippen LogP contribution in [0.25, 0.3) is 11.1 Å². The highest BCUT2D eigenvalue weighted by Gasteiger charge is 2.26. The summed E-state index contributed by atoms with van der Waals surface area (Å²) in [7, 11) is 0. The third-order valence-electron chi connectivity index (χ3n) is 3.57. The topological polar surface area (TPSA) is 49.8 Å². The number of rotatable bonds is 3. The number of hydrogen-bond acceptors (Lipinski definition) is 4. The van der Waals surface area contributed by atoms with Gasteiger partial charge in [-0.1, -0.05) is 30.3 Å². The zero-order valence-electron chi connectivity index (χ0n) is 11.6. The molecule has 0 spiro atoms. The largest absolute Gasteiger partial charge is 0.394 e. The molecule has 3 rings (SSSR count). The highest BCUT2D eigenvalue weighted by Crippen LogP contribution is 2.29. The maximum atomic E-state index is 12.7. The van der Waals surface area contributed by atoms with Gasteiger partial charge in [-0.2, -0.15) is 0 Å². The molecule has 110 valence electrons. The minimum absolute atomic E-state index is 0.0191. The molecular formula is C16H17NO3S. The number of thiophene rings is 1. The molecule has 0 radical (unpaired) electrons. The van der Waals surface area contributed by atoms with Gasteiger partial charge in [0.2, 0.25) is 0 Å². The second-order valence-corrected chi connectivity index (χ2v) is 5.87. The number of nitrogens with zero attached hydrogens (tertiary/aromatic N) is 1. The van der Waals surface area contributed by atoms with Crippen LogP contribution in [0.1, 0.15) is 9.67 Å². The number of carbonyl (C=O) groups excluding carboxylic acids is 1. The zero-order chi connectivity index (χ0) is 14.7. The van der Waals surface area contributed by atoms with E-state index in [4.69, 9.17) is 4.74 Å². The molecule has 21 heavy (non-hydrogen) atoms. The van der Waals surface area contributed by atoms with E-state index in [1.54, 1.807) is 4.90 Å². The first kappa shape index (κ1) is 14.3. The summed E-state index contributed by atoms with van der Waals surface area (Å²) >= 11 is 1.46. The Morgan fingerprint density at radius 2 is 2.14 bits per heavy atom. The van der Waals surface area contributed by atoms with Gasteiger partial charge >= 0.3 is 0 Å². The summed E-state index contributed by atoms with van der Waals surface area (Å²) < 4.78 is 5.40. The van der Waals surface area contributed by atoms with Crippen molar-refractivity contribution in [2.24, 2.45) is 0 Å². The van der Waals surface area contributed by atoms with Crippen LogP contribution in [-0.4, -0.2) is 48.3 Å². The zero-order valence-corrected chi connectivity index (χ0v) is 12.4. The van der Waals surface area contributed by atoms with Crippen molar-refractivity contribution in [1.29, 1.82) is 0 Å². The highest BCUT2D eigenvalue weighted by atomic mass is 32.1. The molecule has 5 heteroatoms. The fraction of sp³-hybridized carbons (Fsp3) is 0.312. The highest BCUT2D eigenvalue weighted by molar-refractivity contribution is 7.12. The van der Waals surface area contributed by atoms with Crippen LogP contribution < -0.4 is 0 Å². The number of morpholine rings is 1. The van der Waals surface area contributed by atoms with Crippen molar-refractivity contribution in [3.63, 3.8) is 0 Å². The number of ether oxygens (including phenoxy) is 1. The van der Waals surface area contributed by atoms with Crippen LogP contribution in [0.3, 0.4) is 0 Å². The lowest BCUT2D eigenvalue weighted by Gasteiger charge is -2.32. The second kappa shape index (κ2) is 6.39. The SMILES string of the molecule is O=C(c1sccc1-c1ccccc1)N1CCOC(CO)C1. The van der Waals surface area contributed by atoms with Gasteiger partial charge in [-0.3, -0.25) is 4.79 Å². The summed E-state index contributed by atoms with van der Waals surface area (Å²) in [5.74, 6) is 0.0191. The summed E-state index contributed by atoms with van der Waals surface area (Å²) in [5, 5.41) is 11.1. The molecule has 1 amide bonds. The molecule has 0 saturated carbocycles. The van der Waals surface area contributed by atoms with Crippen LogP contribution in [0.2, 0.25) is 0 Å². The third kappa shape index (κ3) is 3.00. The number of aliphatic hydroxyl groups is 1. The maximum Gasteiger partial charge on any atom is 0.264 e. The monoisotopic (exact) mass is 303 g/mol. The van der Waals surface area contributed by atoms with Gasteiger partial charge in [0, 0.05) is 18.7 Å². The van der Waals surface area contributed by atoms with Gasteiger partial charge in [0.1, 0.15) is 0 Å². The van der Waals surface area contributed by atoms with Crippen LogP contribution in [0.15, 0.2) is 41.8 Å². The Morgan fingerprint density at radius 1 is 1.33 bits per heavy atom. The van der Waals surface area contributed by atoms with Crippen molar-refractivity contribution in [3.8, 4) is 11.1 Å². The molecule has 1 aromatic carbocycles. The van der Waals surface area contributed by atoms with Gasteiger partial charge in [-0.25, -0.2) is 0 Å². The van der Waals surface area contributed by atoms with Gasteiger partial charge in [0.15, 0.2) is 0 Å². The first-order valence-corrected chi connectivity index (χ1v) is 7.82. The Bertz CT molecular complexity index is 611. The van der Waals surface area contributed by atoms with Crippen molar-refractivity contribution in [3.05, 3.63) is 46.7 Å². The lowest BCUT2D eigenvalue weighted by atomic mass is 10.1. The van der Waals surface area contributed by atoms with Gasteiger partial charge in [0.25, 0.3) is 5.91 Å². The van der Waals surface area contributed by atoms with E-state index < -0.39 is 0 Å². The van der Waals surface area contributed by atoms with E-state index in [-0.39, 0.29) is 18.6 Å². The predicted octanol–water partition coefficient (Wildman–Crippen LogP) is 2.25. The molecule has 2 heterocycles. The van der Waals surface area contributed by atoms with E-state index in [2.05, 4.69) is 0 Å². The van der Waals surface area contributed by atoms with Gasteiger partial charge in [-0.15, -0.1) is 11.3 Å². The molecular weight excluding hydrogens is 286 g/mol. The van der Waals surface area contributed by atoms with E-state index in [0.29, 0.717) is 19.7 Å². The normalized spacial score (nSPS) is 18.7. The molecule has 4 nitrogen and oxygen atoms in total. The Labute approximate surface area is 127 Å². The molecule has 0 bridgehead atoms. The maximum absolute atomic E-state index is 12.7. The Hall–Kier alpha value is -1.69. The van der Waals surface area contributed by atoms with E-state index in [1.807, 2.05) is 41.8 Å². The minimum Gasteiger partial charge on any atom is -0.394 e. The Morgan fingerprint density at radius 3 is 2.90 bits per heavy atom. The summed E-state index contributed by atoms with van der Waals surface area (Å²) in [6, 6.07) is 11.9. The van der Waals surface area contributed by atoms with Gasteiger partial charge in [0.05, 0.1) is 24.2 Å². The molecule has 1 saturated heterocycles. The molecule has 1 N–H and O–H groups in total. The van der Waals surface area contributed by atoms with Crippen LogP contribution >= 0.6 is 11.3 Å². The predicted molar refractivity (Wildman–Crippen MR) is 82.5 cm³/mol. The number of benzene rings is 1. The standard InChI is InChI=1S/C16H17NO3S/c18-11-13-10-17(7-8-20-13)16(19)15-14(6-9-21-15)12-4-2-1-3-5-12/h1-6,9,13,18H,7-8,10-11H2. The lowest BCUT2D eigenvalue weighted by molar-refractivity contribution is -0.0445. The summed E-state index contributed by atoms with van der Waals surface area (Å²) in [6.45, 7) is 1.44. The number of carbonyl (C=O) groups is 1. The molecule has 0 aliphatic carbocycles. The van der Waals surface area contributed by atoms with Gasteiger partial charge in [-0.05, 0) is 17.0 Å². The number of aliphatic hydroxyl groups excluding tert-OH is 1. The van der Waals surface area contributed by atoms with Crippen LogP contribution in [0, 0.1) is 0 Å². The first-order chi connectivity index (χ1) is 10.3. The quantitative estimate of drug-likeness (QED) is 0.946. The minimum atomic E-state index is -0.275. The molecule has 1 aromatic heterocycles. The number of amides is 1. The summed E-state index contributed by atoms with van der Waals surface area (Å²) in [5.41, 5.74) is 2.02. The Kier molecular flexibility index (Phi) is 4.34. The average molecular weight is 303 g/mol. The molecule has 1 unspecified atom stereocenters. The van der Waals surface area contributed by atoms with Crippen molar-refractivity contribution in [2.75, 3.05) is 26.3 Å². The van der Waals surface area contributed by atoms with E-state index in [1.165, 1.54) is 11.3 Å². The van der Waals surface area contributed by atoms with Crippen LogP contribution in [0.5, 0.6) is 0 Å². The van der Waals surface area contributed by atoms with Crippen molar-refractivity contribution in [2.45, 2.75) is 6.10 Å².